The van der Waals surface area contributed by atoms with Gasteiger partial charge >= 0.3 is 0 Å². The van der Waals surface area contributed by atoms with E-state index < -0.39 is 0 Å². The first kappa shape index (κ1) is 16.0. The van der Waals surface area contributed by atoms with Crippen LogP contribution in [0.5, 0.6) is 0 Å². The molecule has 20 heavy (non-hydrogen) atoms. The van der Waals surface area contributed by atoms with Crippen molar-refractivity contribution in [2.75, 3.05) is 32.0 Å². The number of amides is 2. The number of anilines is 1. The second-order valence-corrected chi connectivity index (χ2v) is 4.48. The van der Waals surface area contributed by atoms with Gasteiger partial charge in [0.2, 0.25) is 5.91 Å². The van der Waals surface area contributed by atoms with Crippen LogP contribution in [0.15, 0.2) is 24.3 Å². The van der Waals surface area contributed by atoms with E-state index in [-0.39, 0.29) is 18.4 Å². The summed E-state index contributed by atoms with van der Waals surface area (Å²) >= 11 is 0. The zero-order chi connectivity index (χ0) is 15.0. The summed E-state index contributed by atoms with van der Waals surface area (Å²) in [5.74, 6) is -0.278. The number of benzene rings is 1. The predicted molar refractivity (Wildman–Crippen MR) is 80.9 cm³/mol. The molecule has 2 amide bonds. The van der Waals surface area contributed by atoms with Crippen LogP contribution in [0.2, 0.25) is 0 Å². The van der Waals surface area contributed by atoms with Crippen molar-refractivity contribution in [2.24, 2.45) is 0 Å². The van der Waals surface area contributed by atoms with E-state index in [2.05, 4.69) is 10.6 Å². The van der Waals surface area contributed by atoms with E-state index in [4.69, 9.17) is 0 Å². The Bertz CT molecular complexity index is 460. The van der Waals surface area contributed by atoms with Gasteiger partial charge in [-0.2, -0.15) is 0 Å². The average molecular weight is 277 g/mol. The Labute approximate surface area is 120 Å². The summed E-state index contributed by atoms with van der Waals surface area (Å²) in [6.07, 6.45) is 0.812. The van der Waals surface area contributed by atoms with Crippen molar-refractivity contribution in [3.63, 3.8) is 0 Å². The maximum Gasteiger partial charge on any atom is 0.256 e. The van der Waals surface area contributed by atoms with Gasteiger partial charge in [-0.05, 0) is 25.5 Å². The zero-order valence-electron chi connectivity index (χ0n) is 12.4. The van der Waals surface area contributed by atoms with Gasteiger partial charge in [-0.15, -0.1) is 0 Å². The van der Waals surface area contributed by atoms with Crippen LogP contribution in [0.1, 0.15) is 30.6 Å². The van der Waals surface area contributed by atoms with Crippen molar-refractivity contribution in [3.8, 4) is 0 Å². The molecule has 0 unspecified atom stereocenters. The standard InChI is InChI=1S/C15H23N3O2/c1-4-10-18(11-14(19)16-3)15(20)12-8-6-7-9-13(12)17-5-2/h6-9,17H,4-5,10-11H2,1-3H3,(H,16,19). The Morgan fingerprint density at radius 1 is 1.20 bits per heavy atom. The summed E-state index contributed by atoms with van der Waals surface area (Å²) in [6, 6.07) is 7.38. The summed E-state index contributed by atoms with van der Waals surface area (Å²) in [5, 5.41) is 5.72. The number of para-hydroxylation sites is 1. The molecule has 5 heteroatoms. The summed E-state index contributed by atoms with van der Waals surface area (Å²) in [4.78, 5) is 25.7. The average Bonchev–Trinajstić information content (AvgIpc) is 2.47. The molecule has 0 heterocycles. The molecule has 110 valence electrons. The van der Waals surface area contributed by atoms with E-state index in [1.807, 2.05) is 32.0 Å². The van der Waals surface area contributed by atoms with Crippen molar-refractivity contribution in [1.82, 2.24) is 10.2 Å². The van der Waals surface area contributed by atoms with Gasteiger partial charge < -0.3 is 15.5 Å². The van der Waals surface area contributed by atoms with Crippen LogP contribution in [-0.2, 0) is 4.79 Å². The first-order valence-corrected chi connectivity index (χ1v) is 6.96. The van der Waals surface area contributed by atoms with Gasteiger partial charge in [0.15, 0.2) is 0 Å². The number of carbonyl (C=O) groups excluding carboxylic acids is 2. The van der Waals surface area contributed by atoms with Crippen molar-refractivity contribution in [2.45, 2.75) is 20.3 Å². The summed E-state index contributed by atoms with van der Waals surface area (Å²) in [5.41, 5.74) is 1.41. The molecule has 1 aromatic carbocycles. The Hall–Kier alpha value is -2.04. The summed E-state index contributed by atoms with van der Waals surface area (Å²) < 4.78 is 0. The molecular formula is C15H23N3O2. The highest BCUT2D eigenvalue weighted by atomic mass is 16.2. The molecule has 0 fully saturated rings. The fourth-order valence-corrected chi connectivity index (χ4v) is 1.96. The lowest BCUT2D eigenvalue weighted by Crippen LogP contribution is -2.40. The summed E-state index contributed by atoms with van der Waals surface area (Å²) in [6.45, 7) is 5.36. The van der Waals surface area contributed by atoms with Crippen LogP contribution in [0.25, 0.3) is 0 Å². The Balaban J connectivity index is 2.96. The highest BCUT2D eigenvalue weighted by Gasteiger charge is 2.19. The van der Waals surface area contributed by atoms with E-state index >= 15 is 0 Å². The molecule has 0 saturated carbocycles. The second-order valence-electron chi connectivity index (χ2n) is 4.48. The van der Waals surface area contributed by atoms with E-state index in [1.165, 1.54) is 0 Å². The number of carbonyl (C=O) groups is 2. The largest absolute Gasteiger partial charge is 0.385 e. The topological polar surface area (TPSA) is 61.4 Å². The molecule has 1 aromatic rings. The van der Waals surface area contributed by atoms with Gasteiger partial charge in [-0.25, -0.2) is 0 Å². The highest BCUT2D eigenvalue weighted by molar-refractivity contribution is 6.01. The molecule has 0 aliphatic rings. The molecule has 1 rings (SSSR count). The van der Waals surface area contributed by atoms with Crippen molar-refractivity contribution < 1.29 is 9.59 Å². The Morgan fingerprint density at radius 2 is 1.90 bits per heavy atom. The number of hydrogen-bond acceptors (Lipinski definition) is 3. The number of likely N-dealkylation sites (N-methyl/N-ethyl adjacent to an activating group) is 1. The van der Waals surface area contributed by atoms with Crippen molar-refractivity contribution in [1.29, 1.82) is 0 Å². The monoisotopic (exact) mass is 277 g/mol. The Morgan fingerprint density at radius 3 is 2.50 bits per heavy atom. The lowest BCUT2D eigenvalue weighted by atomic mass is 10.1. The van der Waals surface area contributed by atoms with Gasteiger partial charge in [0.1, 0.15) is 0 Å². The lowest BCUT2D eigenvalue weighted by Gasteiger charge is -2.22. The van der Waals surface area contributed by atoms with Crippen molar-refractivity contribution >= 4 is 17.5 Å². The van der Waals surface area contributed by atoms with E-state index in [9.17, 15) is 9.59 Å². The molecule has 0 atom stereocenters. The van der Waals surface area contributed by atoms with Crippen LogP contribution in [0, 0.1) is 0 Å². The SMILES string of the molecule is CCCN(CC(=O)NC)C(=O)c1ccccc1NCC. The molecule has 0 bridgehead atoms. The van der Waals surface area contributed by atoms with E-state index in [0.29, 0.717) is 12.1 Å². The highest BCUT2D eigenvalue weighted by Crippen LogP contribution is 2.17. The molecule has 5 nitrogen and oxygen atoms in total. The van der Waals surface area contributed by atoms with Gasteiger partial charge in [0.25, 0.3) is 5.91 Å². The quantitative estimate of drug-likeness (QED) is 0.797. The first-order chi connectivity index (χ1) is 9.63. The minimum Gasteiger partial charge on any atom is -0.385 e. The van der Waals surface area contributed by atoms with Crippen LogP contribution in [0.3, 0.4) is 0 Å². The molecule has 0 radical (unpaired) electrons. The second kappa shape index (κ2) is 8.19. The van der Waals surface area contributed by atoms with Crippen LogP contribution < -0.4 is 10.6 Å². The molecular weight excluding hydrogens is 254 g/mol. The minimum atomic E-state index is -0.160. The number of nitrogens with zero attached hydrogens (tertiary/aromatic N) is 1. The number of hydrogen-bond donors (Lipinski definition) is 2. The Kier molecular flexibility index (Phi) is 6.56. The maximum atomic E-state index is 12.6. The van der Waals surface area contributed by atoms with Gasteiger partial charge in [0.05, 0.1) is 12.1 Å². The molecule has 2 N–H and O–H groups in total. The van der Waals surface area contributed by atoms with Gasteiger partial charge in [-0.1, -0.05) is 19.1 Å². The van der Waals surface area contributed by atoms with Gasteiger partial charge in [-0.3, -0.25) is 9.59 Å². The minimum absolute atomic E-state index is 0.0869. The fraction of sp³-hybridized carbons (Fsp3) is 0.467. The molecule has 0 aliphatic carbocycles. The molecule has 0 saturated heterocycles. The third-order valence-electron chi connectivity index (χ3n) is 2.92. The number of rotatable bonds is 7. The maximum absolute atomic E-state index is 12.6. The van der Waals surface area contributed by atoms with E-state index in [1.54, 1.807) is 18.0 Å². The third kappa shape index (κ3) is 4.26. The normalized spacial score (nSPS) is 9.95. The molecule has 0 aliphatic heterocycles. The zero-order valence-corrected chi connectivity index (χ0v) is 12.4. The lowest BCUT2D eigenvalue weighted by molar-refractivity contribution is -0.121. The van der Waals surface area contributed by atoms with Crippen LogP contribution >= 0.6 is 0 Å². The number of nitrogens with one attached hydrogen (secondary N) is 2. The smallest absolute Gasteiger partial charge is 0.256 e. The first-order valence-electron chi connectivity index (χ1n) is 6.96. The van der Waals surface area contributed by atoms with Crippen molar-refractivity contribution in [3.05, 3.63) is 29.8 Å². The molecule has 0 aromatic heterocycles. The van der Waals surface area contributed by atoms with Crippen LogP contribution in [-0.4, -0.2) is 43.4 Å². The molecule has 0 spiro atoms. The van der Waals surface area contributed by atoms with Gasteiger partial charge in [0, 0.05) is 25.8 Å². The van der Waals surface area contributed by atoms with E-state index in [0.717, 1.165) is 18.7 Å². The third-order valence-corrected chi connectivity index (χ3v) is 2.92. The predicted octanol–water partition coefficient (Wildman–Crippen LogP) is 1.72. The summed E-state index contributed by atoms with van der Waals surface area (Å²) in [7, 11) is 1.57. The van der Waals surface area contributed by atoms with Crippen LogP contribution in [0.4, 0.5) is 5.69 Å². The fourth-order valence-electron chi connectivity index (χ4n) is 1.96.